The standard InChI is InChI=1S/C17H23NO3/c1-3-6-14-7-4-5-8-16(14)21-12-10-18(2)17(19)15-9-11-20-13-15/h3-5,7-8,15H,1,6,9-13H2,2H3/t15-/m1/s1. The summed E-state index contributed by atoms with van der Waals surface area (Å²) in [7, 11) is 1.82. The lowest BCUT2D eigenvalue weighted by atomic mass is 10.1. The number of nitrogens with zero attached hydrogens (tertiary/aromatic N) is 1. The number of carbonyl (C=O) groups excluding carboxylic acids is 1. The number of para-hydroxylation sites is 1. The minimum absolute atomic E-state index is 0.0167. The predicted molar refractivity (Wildman–Crippen MR) is 82.4 cm³/mol. The van der Waals surface area contributed by atoms with Crippen LogP contribution in [0.15, 0.2) is 36.9 Å². The zero-order valence-electron chi connectivity index (χ0n) is 12.6. The second kappa shape index (κ2) is 7.84. The lowest BCUT2D eigenvalue weighted by Crippen LogP contribution is -2.36. The Morgan fingerprint density at radius 3 is 3.05 bits per heavy atom. The fourth-order valence-electron chi connectivity index (χ4n) is 2.41. The van der Waals surface area contributed by atoms with Gasteiger partial charge in [0, 0.05) is 13.7 Å². The number of hydrogen-bond donors (Lipinski definition) is 0. The van der Waals surface area contributed by atoms with Crippen LogP contribution in [0.3, 0.4) is 0 Å². The molecule has 0 spiro atoms. The van der Waals surface area contributed by atoms with Crippen LogP contribution in [-0.2, 0) is 16.0 Å². The quantitative estimate of drug-likeness (QED) is 0.723. The lowest BCUT2D eigenvalue weighted by molar-refractivity contribution is -0.134. The van der Waals surface area contributed by atoms with Gasteiger partial charge in [0.05, 0.1) is 19.1 Å². The Labute approximate surface area is 126 Å². The number of benzene rings is 1. The number of carbonyl (C=O) groups is 1. The van der Waals surface area contributed by atoms with Crippen LogP contribution in [0, 0.1) is 5.92 Å². The summed E-state index contributed by atoms with van der Waals surface area (Å²) in [6.07, 6.45) is 3.47. The summed E-state index contributed by atoms with van der Waals surface area (Å²) < 4.78 is 11.1. The van der Waals surface area contributed by atoms with E-state index < -0.39 is 0 Å². The fraction of sp³-hybridized carbons (Fsp3) is 0.471. The molecule has 1 fully saturated rings. The number of allylic oxidation sites excluding steroid dienone is 1. The van der Waals surface area contributed by atoms with E-state index in [-0.39, 0.29) is 11.8 Å². The highest BCUT2D eigenvalue weighted by atomic mass is 16.5. The predicted octanol–water partition coefficient (Wildman–Crippen LogP) is 2.29. The third kappa shape index (κ3) is 4.33. The summed E-state index contributed by atoms with van der Waals surface area (Å²) in [4.78, 5) is 13.9. The molecule has 1 aromatic rings. The smallest absolute Gasteiger partial charge is 0.227 e. The Balaban J connectivity index is 1.80. The Morgan fingerprint density at radius 2 is 2.33 bits per heavy atom. The molecule has 1 aromatic carbocycles. The molecule has 1 aliphatic heterocycles. The fourth-order valence-corrected chi connectivity index (χ4v) is 2.41. The molecule has 4 heteroatoms. The van der Waals surface area contributed by atoms with Crippen LogP contribution in [0.2, 0.25) is 0 Å². The van der Waals surface area contributed by atoms with Gasteiger partial charge in [-0.25, -0.2) is 0 Å². The molecular formula is C17H23NO3. The normalized spacial score (nSPS) is 17.5. The van der Waals surface area contributed by atoms with Gasteiger partial charge in [0.25, 0.3) is 0 Å². The van der Waals surface area contributed by atoms with Gasteiger partial charge in [0.15, 0.2) is 0 Å². The van der Waals surface area contributed by atoms with Crippen molar-refractivity contribution in [1.82, 2.24) is 4.90 Å². The monoisotopic (exact) mass is 289 g/mol. The minimum Gasteiger partial charge on any atom is -0.491 e. The summed E-state index contributed by atoms with van der Waals surface area (Å²) in [5.74, 6) is 1.03. The maximum Gasteiger partial charge on any atom is 0.227 e. The molecule has 0 saturated carbocycles. The molecule has 1 atom stereocenters. The van der Waals surface area contributed by atoms with Crippen LogP contribution < -0.4 is 4.74 Å². The second-order valence-electron chi connectivity index (χ2n) is 5.27. The molecule has 4 nitrogen and oxygen atoms in total. The SMILES string of the molecule is C=CCc1ccccc1OCCN(C)C(=O)[C@@H]1CCOC1. The van der Waals surface area contributed by atoms with Crippen LogP contribution in [0.25, 0.3) is 0 Å². The topological polar surface area (TPSA) is 38.8 Å². The maximum absolute atomic E-state index is 12.1. The van der Waals surface area contributed by atoms with Crippen LogP contribution in [0.1, 0.15) is 12.0 Å². The Kier molecular flexibility index (Phi) is 5.81. The van der Waals surface area contributed by atoms with E-state index in [9.17, 15) is 4.79 Å². The molecule has 0 bridgehead atoms. The molecular weight excluding hydrogens is 266 g/mol. The number of hydrogen-bond acceptors (Lipinski definition) is 3. The third-order valence-electron chi connectivity index (χ3n) is 3.68. The Bertz CT molecular complexity index is 481. The van der Waals surface area contributed by atoms with E-state index in [2.05, 4.69) is 6.58 Å². The zero-order valence-corrected chi connectivity index (χ0v) is 12.6. The molecule has 1 heterocycles. The van der Waals surface area contributed by atoms with Gasteiger partial charge in [-0.05, 0) is 24.5 Å². The zero-order chi connectivity index (χ0) is 15.1. The van der Waals surface area contributed by atoms with Gasteiger partial charge < -0.3 is 14.4 Å². The molecule has 1 saturated heterocycles. The first kappa shape index (κ1) is 15.6. The number of amides is 1. The minimum atomic E-state index is 0.0167. The van der Waals surface area contributed by atoms with Crippen molar-refractivity contribution in [1.29, 1.82) is 0 Å². The van der Waals surface area contributed by atoms with E-state index >= 15 is 0 Å². The van der Waals surface area contributed by atoms with Crippen molar-refractivity contribution in [2.24, 2.45) is 5.92 Å². The van der Waals surface area contributed by atoms with Crippen LogP contribution in [0.4, 0.5) is 0 Å². The average Bonchev–Trinajstić information content (AvgIpc) is 3.02. The summed E-state index contributed by atoms with van der Waals surface area (Å²) >= 11 is 0. The van der Waals surface area contributed by atoms with Gasteiger partial charge in [-0.15, -0.1) is 6.58 Å². The van der Waals surface area contributed by atoms with Crippen molar-refractivity contribution in [2.75, 3.05) is 33.4 Å². The van der Waals surface area contributed by atoms with Gasteiger partial charge in [-0.2, -0.15) is 0 Å². The van der Waals surface area contributed by atoms with Crippen molar-refractivity contribution >= 4 is 5.91 Å². The molecule has 1 aliphatic rings. The van der Waals surface area contributed by atoms with Gasteiger partial charge in [-0.3, -0.25) is 4.79 Å². The molecule has 2 rings (SSSR count). The first-order chi connectivity index (χ1) is 10.2. The summed E-state index contributed by atoms with van der Waals surface area (Å²) in [6.45, 7) is 6.06. The van der Waals surface area contributed by atoms with Gasteiger partial charge in [-0.1, -0.05) is 24.3 Å². The van der Waals surface area contributed by atoms with Crippen molar-refractivity contribution in [2.45, 2.75) is 12.8 Å². The number of rotatable bonds is 7. The molecule has 0 radical (unpaired) electrons. The Morgan fingerprint density at radius 1 is 1.52 bits per heavy atom. The van der Waals surface area contributed by atoms with E-state index in [1.54, 1.807) is 4.90 Å². The molecule has 21 heavy (non-hydrogen) atoms. The highest BCUT2D eigenvalue weighted by Gasteiger charge is 2.26. The van der Waals surface area contributed by atoms with Crippen LogP contribution in [-0.4, -0.2) is 44.2 Å². The van der Waals surface area contributed by atoms with Crippen molar-refractivity contribution < 1.29 is 14.3 Å². The van der Waals surface area contributed by atoms with Crippen molar-refractivity contribution in [3.8, 4) is 5.75 Å². The highest BCUT2D eigenvalue weighted by Crippen LogP contribution is 2.19. The average molecular weight is 289 g/mol. The van der Waals surface area contributed by atoms with Crippen LogP contribution in [0.5, 0.6) is 5.75 Å². The van der Waals surface area contributed by atoms with Crippen molar-refractivity contribution in [3.63, 3.8) is 0 Å². The third-order valence-corrected chi connectivity index (χ3v) is 3.68. The molecule has 114 valence electrons. The van der Waals surface area contributed by atoms with E-state index in [0.29, 0.717) is 26.4 Å². The lowest BCUT2D eigenvalue weighted by Gasteiger charge is -2.20. The van der Waals surface area contributed by atoms with Crippen molar-refractivity contribution in [3.05, 3.63) is 42.5 Å². The van der Waals surface area contributed by atoms with E-state index in [0.717, 1.165) is 24.2 Å². The molecule has 0 aromatic heterocycles. The first-order valence-electron chi connectivity index (χ1n) is 7.36. The second-order valence-corrected chi connectivity index (χ2v) is 5.27. The molecule has 1 amide bonds. The van der Waals surface area contributed by atoms with Gasteiger partial charge >= 0.3 is 0 Å². The first-order valence-corrected chi connectivity index (χ1v) is 7.36. The molecule has 0 aliphatic carbocycles. The summed E-state index contributed by atoms with van der Waals surface area (Å²) in [5, 5.41) is 0. The molecule has 0 N–H and O–H groups in total. The summed E-state index contributed by atoms with van der Waals surface area (Å²) in [5.41, 5.74) is 1.12. The number of ether oxygens (including phenoxy) is 2. The van der Waals surface area contributed by atoms with Gasteiger partial charge in [0.1, 0.15) is 12.4 Å². The van der Waals surface area contributed by atoms with Crippen LogP contribution >= 0.6 is 0 Å². The number of likely N-dealkylation sites (N-methyl/N-ethyl adjacent to an activating group) is 1. The van der Waals surface area contributed by atoms with Gasteiger partial charge in [0.2, 0.25) is 5.91 Å². The largest absolute Gasteiger partial charge is 0.491 e. The Hall–Kier alpha value is -1.81. The molecule has 0 unspecified atom stereocenters. The maximum atomic E-state index is 12.1. The van der Waals surface area contributed by atoms with E-state index in [1.807, 2.05) is 37.4 Å². The van der Waals surface area contributed by atoms with E-state index in [4.69, 9.17) is 9.47 Å². The highest BCUT2D eigenvalue weighted by molar-refractivity contribution is 5.78. The summed E-state index contributed by atoms with van der Waals surface area (Å²) in [6, 6.07) is 7.92. The van der Waals surface area contributed by atoms with E-state index in [1.165, 1.54) is 0 Å².